The Balaban J connectivity index is 1.42. The largest absolute Gasteiger partial charge is 0.490 e. The van der Waals surface area contributed by atoms with Crippen LogP contribution in [0.1, 0.15) is 12.8 Å². The summed E-state index contributed by atoms with van der Waals surface area (Å²) in [5.41, 5.74) is 0. The van der Waals surface area contributed by atoms with Gasteiger partial charge < -0.3 is 14.7 Å². The molecule has 1 saturated heterocycles. The summed E-state index contributed by atoms with van der Waals surface area (Å²) >= 11 is 17.8. The molecule has 2 N–H and O–H groups in total. The highest BCUT2D eigenvalue weighted by Crippen LogP contribution is 2.28. The van der Waals surface area contributed by atoms with Gasteiger partial charge in [-0.15, -0.1) is 0 Å². The molecule has 164 valence electrons. The van der Waals surface area contributed by atoms with Crippen LogP contribution < -0.4 is 9.46 Å². The van der Waals surface area contributed by atoms with Gasteiger partial charge in [0.2, 0.25) is 10.0 Å². The fourth-order valence-corrected chi connectivity index (χ4v) is 4.90. The van der Waals surface area contributed by atoms with Gasteiger partial charge in [0.25, 0.3) is 0 Å². The zero-order chi connectivity index (χ0) is 21.7. The first-order valence-corrected chi connectivity index (χ1v) is 12.1. The van der Waals surface area contributed by atoms with Gasteiger partial charge in [0.05, 0.1) is 21.0 Å². The van der Waals surface area contributed by atoms with Crippen LogP contribution in [0.5, 0.6) is 5.75 Å². The van der Waals surface area contributed by atoms with Crippen LogP contribution in [0.15, 0.2) is 47.4 Å². The summed E-state index contributed by atoms with van der Waals surface area (Å²) in [5.74, 6) is 0.679. The number of benzene rings is 2. The Morgan fingerprint density at radius 3 is 2.50 bits per heavy atom. The highest BCUT2D eigenvalue weighted by atomic mass is 35.5. The molecule has 0 spiro atoms. The van der Waals surface area contributed by atoms with Gasteiger partial charge in [-0.2, -0.15) is 0 Å². The fraction of sp³-hybridized carbons (Fsp3) is 0.400. The van der Waals surface area contributed by atoms with Gasteiger partial charge in [-0.25, -0.2) is 13.1 Å². The lowest BCUT2D eigenvalue weighted by Gasteiger charge is -2.33. The van der Waals surface area contributed by atoms with Gasteiger partial charge in [-0.1, -0.05) is 40.9 Å². The van der Waals surface area contributed by atoms with Crippen molar-refractivity contribution in [2.45, 2.75) is 29.9 Å². The van der Waals surface area contributed by atoms with Crippen LogP contribution in [-0.2, 0) is 10.0 Å². The predicted octanol–water partition coefficient (Wildman–Crippen LogP) is 3.83. The van der Waals surface area contributed by atoms with Crippen molar-refractivity contribution < 1.29 is 18.3 Å². The second-order valence-corrected chi connectivity index (χ2v) is 10.2. The standard InChI is InChI=1S/C20H23Cl3N2O4S/c21-14-2-1-3-18(10-14)30(27,28)24-12-15(26)13-25-8-6-16(7-9-25)29-17-4-5-19(22)20(23)11-17/h1-5,10-11,15-16,24,26H,6-9,12-13H2/t15-/m0/s1. The van der Waals surface area contributed by atoms with E-state index in [0.29, 0.717) is 27.4 Å². The topological polar surface area (TPSA) is 78.9 Å². The number of aliphatic hydroxyl groups is 1. The summed E-state index contributed by atoms with van der Waals surface area (Å²) in [4.78, 5) is 2.16. The molecule has 2 aromatic carbocycles. The van der Waals surface area contributed by atoms with Crippen LogP contribution in [-0.4, -0.2) is 56.8 Å². The number of nitrogens with zero attached hydrogens (tertiary/aromatic N) is 1. The number of likely N-dealkylation sites (tertiary alicyclic amines) is 1. The molecule has 0 aliphatic carbocycles. The summed E-state index contributed by atoms with van der Waals surface area (Å²) in [7, 11) is -3.72. The van der Waals surface area contributed by atoms with Crippen LogP contribution in [0.25, 0.3) is 0 Å². The Labute approximate surface area is 191 Å². The molecule has 0 amide bonds. The van der Waals surface area contributed by atoms with Gasteiger partial charge in [0, 0.05) is 37.3 Å². The Morgan fingerprint density at radius 2 is 1.83 bits per heavy atom. The van der Waals surface area contributed by atoms with Crippen LogP contribution in [0.4, 0.5) is 0 Å². The molecule has 0 aromatic heterocycles. The lowest BCUT2D eigenvalue weighted by Crippen LogP contribution is -2.45. The molecule has 1 atom stereocenters. The van der Waals surface area contributed by atoms with E-state index >= 15 is 0 Å². The molecule has 3 rings (SSSR count). The summed E-state index contributed by atoms with van der Waals surface area (Å²) in [6.45, 7) is 1.78. The van der Waals surface area contributed by atoms with Gasteiger partial charge in [-0.3, -0.25) is 0 Å². The lowest BCUT2D eigenvalue weighted by molar-refractivity contribution is 0.0630. The average molecular weight is 494 g/mol. The molecule has 1 fully saturated rings. The number of nitrogens with one attached hydrogen (secondary N) is 1. The van der Waals surface area contributed by atoms with Crippen LogP contribution >= 0.6 is 34.8 Å². The quantitative estimate of drug-likeness (QED) is 0.584. The number of β-amino-alcohol motifs (C(OH)–C–C–N with tert-alkyl or cyclic N) is 1. The maximum Gasteiger partial charge on any atom is 0.240 e. The molecular weight excluding hydrogens is 471 g/mol. The molecule has 0 saturated carbocycles. The van der Waals surface area contributed by atoms with Crippen LogP contribution in [0.2, 0.25) is 15.1 Å². The number of rotatable bonds is 8. The van der Waals surface area contributed by atoms with E-state index in [1.54, 1.807) is 30.3 Å². The highest BCUT2D eigenvalue weighted by molar-refractivity contribution is 7.89. The summed E-state index contributed by atoms with van der Waals surface area (Å²) in [6.07, 6.45) is 0.811. The summed E-state index contributed by atoms with van der Waals surface area (Å²) in [6, 6.07) is 11.2. The summed E-state index contributed by atoms with van der Waals surface area (Å²) in [5, 5.41) is 11.5. The van der Waals surface area contributed by atoms with E-state index in [0.717, 1.165) is 25.9 Å². The number of halogens is 3. The molecule has 2 aromatic rings. The SMILES string of the molecule is O=S(=O)(NC[C@H](O)CN1CCC(Oc2ccc(Cl)c(Cl)c2)CC1)c1cccc(Cl)c1. The van der Waals surface area contributed by atoms with Crippen LogP contribution in [0, 0.1) is 0 Å². The van der Waals surface area contributed by atoms with Crippen LogP contribution in [0.3, 0.4) is 0 Å². The maximum absolute atomic E-state index is 12.3. The highest BCUT2D eigenvalue weighted by Gasteiger charge is 2.23. The normalized spacial score (nSPS) is 17.1. The van der Waals surface area contributed by atoms with E-state index in [4.69, 9.17) is 39.5 Å². The van der Waals surface area contributed by atoms with E-state index in [-0.39, 0.29) is 17.5 Å². The van der Waals surface area contributed by atoms with Crippen molar-refractivity contribution in [1.29, 1.82) is 0 Å². The number of piperidine rings is 1. The van der Waals surface area contributed by atoms with Crippen molar-refractivity contribution >= 4 is 44.8 Å². The van der Waals surface area contributed by atoms with E-state index in [2.05, 4.69) is 9.62 Å². The zero-order valence-electron chi connectivity index (χ0n) is 16.1. The van der Waals surface area contributed by atoms with Crippen molar-refractivity contribution in [1.82, 2.24) is 9.62 Å². The molecule has 10 heteroatoms. The van der Waals surface area contributed by atoms with Gasteiger partial charge >= 0.3 is 0 Å². The van der Waals surface area contributed by atoms with E-state index in [1.807, 2.05) is 0 Å². The number of ether oxygens (including phenoxy) is 1. The van der Waals surface area contributed by atoms with E-state index < -0.39 is 16.1 Å². The maximum atomic E-state index is 12.3. The van der Waals surface area contributed by atoms with Gasteiger partial charge in [0.1, 0.15) is 11.9 Å². The summed E-state index contributed by atoms with van der Waals surface area (Å²) < 4.78 is 33.0. The second-order valence-electron chi connectivity index (χ2n) is 7.16. The predicted molar refractivity (Wildman–Crippen MR) is 119 cm³/mol. The first-order chi connectivity index (χ1) is 14.2. The van der Waals surface area contributed by atoms with Gasteiger partial charge in [-0.05, 0) is 43.2 Å². The molecule has 1 aliphatic rings. The van der Waals surface area contributed by atoms with Crippen molar-refractivity contribution in [3.8, 4) is 5.75 Å². The first kappa shape index (κ1) is 23.6. The van der Waals surface area contributed by atoms with Crippen molar-refractivity contribution in [2.24, 2.45) is 0 Å². The Kier molecular flexibility index (Phi) is 8.26. The number of hydrogen-bond acceptors (Lipinski definition) is 5. The second kappa shape index (κ2) is 10.5. The molecule has 6 nitrogen and oxygen atoms in total. The molecule has 1 heterocycles. The van der Waals surface area contributed by atoms with E-state index in [9.17, 15) is 13.5 Å². The number of sulfonamides is 1. The minimum Gasteiger partial charge on any atom is -0.490 e. The Bertz CT molecular complexity index is 966. The van der Waals surface area contributed by atoms with Crippen molar-refractivity contribution in [2.75, 3.05) is 26.2 Å². The van der Waals surface area contributed by atoms with Gasteiger partial charge in [0.15, 0.2) is 0 Å². The molecule has 0 unspecified atom stereocenters. The molecule has 30 heavy (non-hydrogen) atoms. The minimum atomic E-state index is -3.72. The third-order valence-electron chi connectivity index (χ3n) is 4.81. The molecular formula is C20H23Cl3N2O4S. The molecule has 0 bridgehead atoms. The average Bonchev–Trinajstić information content (AvgIpc) is 2.71. The Hall–Kier alpha value is -1.06. The monoisotopic (exact) mass is 492 g/mol. The third kappa shape index (κ3) is 6.72. The zero-order valence-corrected chi connectivity index (χ0v) is 19.2. The first-order valence-electron chi connectivity index (χ1n) is 9.50. The fourth-order valence-electron chi connectivity index (χ4n) is 3.24. The lowest BCUT2D eigenvalue weighted by atomic mass is 10.1. The molecule has 1 aliphatic heterocycles. The third-order valence-corrected chi connectivity index (χ3v) is 7.21. The minimum absolute atomic E-state index is 0.0527. The van der Waals surface area contributed by atoms with Crippen molar-refractivity contribution in [3.63, 3.8) is 0 Å². The molecule has 0 radical (unpaired) electrons. The van der Waals surface area contributed by atoms with Crippen molar-refractivity contribution in [3.05, 3.63) is 57.5 Å². The number of hydrogen-bond donors (Lipinski definition) is 2. The number of aliphatic hydroxyl groups excluding tert-OH is 1. The van der Waals surface area contributed by atoms with E-state index in [1.165, 1.54) is 12.1 Å². The Morgan fingerprint density at radius 1 is 1.10 bits per heavy atom. The smallest absolute Gasteiger partial charge is 0.240 e.